The lowest BCUT2D eigenvalue weighted by Gasteiger charge is -2.16. The van der Waals surface area contributed by atoms with Crippen LogP contribution >= 0.6 is 0 Å². The summed E-state index contributed by atoms with van der Waals surface area (Å²) >= 11 is 0. The van der Waals surface area contributed by atoms with Crippen molar-refractivity contribution in [3.8, 4) is 0 Å². The minimum atomic E-state index is -0.647. The zero-order valence-electron chi connectivity index (χ0n) is 10.8. The molecule has 2 heterocycles. The van der Waals surface area contributed by atoms with Crippen LogP contribution in [0.4, 0.5) is 26.1 Å². The smallest absolute Gasteiger partial charge is 0.149 e. The molecule has 1 aliphatic heterocycles. The molecule has 1 aliphatic rings. The maximum Gasteiger partial charge on any atom is 0.149 e. The molecule has 1 saturated heterocycles. The van der Waals surface area contributed by atoms with Crippen LogP contribution in [0.1, 0.15) is 12.8 Å². The van der Waals surface area contributed by atoms with Crippen molar-refractivity contribution < 1.29 is 8.78 Å². The van der Waals surface area contributed by atoms with Gasteiger partial charge < -0.3 is 10.2 Å². The van der Waals surface area contributed by atoms with Gasteiger partial charge in [-0.3, -0.25) is 0 Å². The number of hydrogen-bond donors (Lipinski definition) is 1. The van der Waals surface area contributed by atoms with Crippen molar-refractivity contribution in [2.24, 2.45) is 0 Å². The summed E-state index contributed by atoms with van der Waals surface area (Å²) in [6, 6.07) is 5.16. The third-order valence-electron chi connectivity index (χ3n) is 3.28. The first-order chi connectivity index (χ1) is 9.72. The van der Waals surface area contributed by atoms with E-state index in [0.29, 0.717) is 5.82 Å². The first-order valence-electron chi connectivity index (χ1n) is 6.51. The Morgan fingerprint density at radius 2 is 1.85 bits per heavy atom. The monoisotopic (exact) mass is 276 g/mol. The lowest BCUT2D eigenvalue weighted by atomic mass is 10.3. The maximum atomic E-state index is 13.6. The van der Waals surface area contributed by atoms with Gasteiger partial charge in [0.2, 0.25) is 0 Å². The summed E-state index contributed by atoms with van der Waals surface area (Å²) < 4.78 is 26.4. The normalized spacial score (nSPS) is 14.6. The second-order valence-corrected chi connectivity index (χ2v) is 4.70. The maximum absolute atomic E-state index is 13.6. The molecule has 0 radical (unpaired) electrons. The van der Waals surface area contributed by atoms with Crippen LogP contribution < -0.4 is 10.2 Å². The van der Waals surface area contributed by atoms with Crippen LogP contribution in [0.5, 0.6) is 0 Å². The summed E-state index contributed by atoms with van der Waals surface area (Å²) in [7, 11) is 0. The number of nitrogens with zero attached hydrogens (tertiary/aromatic N) is 3. The molecule has 1 N–H and O–H groups in total. The Kier molecular flexibility index (Phi) is 3.45. The molecule has 3 rings (SSSR count). The van der Waals surface area contributed by atoms with Crippen molar-refractivity contribution >= 4 is 17.3 Å². The van der Waals surface area contributed by atoms with E-state index >= 15 is 0 Å². The fraction of sp³-hybridized carbons (Fsp3) is 0.286. The number of halogens is 2. The molecule has 1 aromatic carbocycles. The van der Waals surface area contributed by atoms with Crippen LogP contribution in [-0.2, 0) is 0 Å². The topological polar surface area (TPSA) is 41.0 Å². The number of anilines is 3. The molecule has 20 heavy (non-hydrogen) atoms. The SMILES string of the molecule is Fc1ccc(Nc2cc(N3CCCC3)ncn2)c(F)c1. The summed E-state index contributed by atoms with van der Waals surface area (Å²) in [5, 5.41) is 2.84. The summed E-state index contributed by atoms with van der Waals surface area (Å²) in [5.41, 5.74) is 0.192. The molecule has 1 aromatic heterocycles. The van der Waals surface area contributed by atoms with E-state index in [1.165, 1.54) is 18.5 Å². The molecule has 104 valence electrons. The fourth-order valence-corrected chi connectivity index (χ4v) is 2.26. The first-order valence-corrected chi connectivity index (χ1v) is 6.51. The molecule has 1 fully saturated rings. The van der Waals surface area contributed by atoms with Crippen molar-refractivity contribution in [2.75, 3.05) is 23.3 Å². The van der Waals surface area contributed by atoms with E-state index in [1.807, 2.05) is 0 Å². The summed E-state index contributed by atoms with van der Waals surface area (Å²) in [4.78, 5) is 10.4. The molecule has 2 aromatic rings. The third kappa shape index (κ3) is 2.68. The Labute approximate surface area is 115 Å². The minimum Gasteiger partial charge on any atom is -0.356 e. The molecule has 4 nitrogen and oxygen atoms in total. The first kappa shape index (κ1) is 12.8. The lowest BCUT2D eigenvalue weighted by Crippen LogP contribution is -2.19. The van der Waals surface area contributed by atoms with Crippen LogP contribution in [0.25, 0.3) is 0 Å². The quantitative estimate of drug-likeness (QED) is 0.935. The van der Waals surface area contributed by atoms with Gasteiger partial charge in [0, 0.05) is 25.2 Å². The van der Waals surface area contributed by atoms with Crippen LogP contribution in [0, 0.1) is 11.6 Å². The van der Waals surface area contributed by atoms with Gasteiger partial charge in [-0.15, -0.1) is 0 Å². The number of aromatic nitrogens is 2. The molecule has 0 spiro atoms. The average molecular weight is 276 g/mol. The van der Waals surface area contributed by atoms with Crippen LogP contribution in [0.2, 0.25) is 0 Å². The van der Waals surface area contributed by atoms with Crippen molar-refractivity contribution in [3.63, 3.8) is 0 Å². The Morgan fingerprint density at radius 1 is 1.05 bits per heavy atom. The number of hydrogen-bond acceptors (Lipinski definition) is 4. The van der Waals surface area contributed by atoms with Gasteiger partial charge in [0.1, 0.15) is 29.6 Å². The van der Waals surface area contributed by atoms with Crippen molar-refractivity contribution in [1.29, 1.82) is 0 Å². The number of rotatable bonds is 3. The predicted octanol–water partition coefficient (Wildman–Crippen LogP) is 3.10. The molecule has 0 aliphatic carbocycles. The molecule has 0 unspecified atom stereocenters. The van der Waals surface area contributed by atoms with E-state index in [9.17, 15) is 8.78 Å². The zero-order chi connectivity index (χ0) is 13.9. The standard InChI is InChI=1S/C14H14F2N4/c15-10-3-4-12(11(16)7-10)19-13-8-14(18-9-17-13)20-5-1-2-6-20/h3-4,7-9H,1-2,5-6H2,(H,17,18,19). The van der Waals surface area contributed by atoms with Crippen molar-refractivity contribution in [3.05, 3.63) is 42.2 Å². The van der Waals surface area contributed by atoms with Gasteiger partial charge in [-0.2, -0.15) is 0 Å². The van der Waals surface area contributed by atoms with Gasteiger partial charge in [0.15, 0.2) is 0 Å². The molecular weight excluding hydrogens is 262 g/mol. The molecule has 0 bridgehead atoms. The molecule has 0 saturated carbocycles. The highest BCUT2D eigenvalue weighted by Gasteiger charge is 2.14. The van der Waals surface area contributed by atoms with Crippen LogP contribution in [0.15, 0.2) is 30.6 Å². The van der Waals surface area contributed by atoms with E-state index in [2.05, 4.69) is 20.2 Å². The molecule has 6 heteroatoms. The number of nitrogens with one attached hydrogen (secondary N) is 1. The van der Waals surface area contributed by atoms with E-state index in [-0.39, 0.29) is 5.69 Å². The lowest BCUT2D eigenvalue weighted by molar-refractivity contribution is 0.586. The van der Waals surface area contributed by atoms with E-state index in [0.717, 1.165) is 37.8 Å². The fourth-order valence-electron chi connectivity index (χ4n) is 2.26. The van der Waals surface area contributed by atoms with Gasteiger partial charge in [0.05, 0.1) is 5.69 Å². The van der Waals surface area contributed by atoms with Crippen LogP contribution in [0.3, 0.4) is 0 Å². The Balaban J connectivity index is 1.81. The van der Waals surface area contributed by atoms with E-state index in [1.54, 1.807) is 6.07 Å². The zero-order valence-corrected chi connectivity index (χ0v) is 10.8. The van der Waals surface area contributed by atoms with Gasteiger partial charge >= 0.3 is 0 Å². The predicted molar refractivity (Wildman–Crippen MR) is 73.1 cm³/mol. The third-order valence-corrected chi connectivity index (χ3v) is 3.28. The van der Waals surface area contributed by atoms with E-state index < -0.39 is 11.6 Å². The van der Waals surface area contributed by atoms with E-state index in [4.69, 9.17) is 0 Å². The second-order valence-electron chi connectivity index (χ2n) is 4.70. The Hall–Kier alpha value is -2.24. The summed E-state index contributed by atoms with van der Waals surface area (Å²) in [5.74, 6) is 0.0646. The minimum absolute atomic E-state index is 0.192. The van der Waals surface area contributed by atoms with Gasteiger partial charge in [-0.25, -0.2) is 18.7 Å². The Bertz CT molecular complexity index is 612. The largest absolute Gasteiger partial charge is 0.356 e. The van der Waals surface area contributed by atoms with Gasteiger partial charge in [-0.05, 0) is 25.0 Å². The van der Waals surface area contributed by atoms with Crippen molar-refractivity contribution in [1.82, 2.24) is 9.97 Å². The van der Waals surface area contributed by atoms with Gasteiger partial charge in [-0.1, -0.05) is 0 Å². The molecule has 0 atom stereocenters. The average Bonchev–Trinajstić information content (AvgIpc) is 2.96. The highest BCUT2D eigenvalue weighted by molar-refractivity contribution is 5.59. The van der Waals surface area contributed by atoms with Gasteiger partial charge in [0.25, 0.3) is 0 Å². The summed E-state index contributed by atoms with van der Waals surface area (Å²) in [6.45, 7) is 1.95. The van der Waals surface area contributed by atoms with Crippen LogP contribution in [-0.4, -0.2) is 23.1 Å². The van der Waals surface area contributed by atoms with Crippen molar-refractivity contribution in [2.45, 2.75) is 12.8 Å². The highest BCUT2D eigenvalue weighted by Crippen LogP contribution is 2.23. The Morgan fingerprint density at radius 3 is 2.60 bits per heavy atom. The molecule has 0 amide bonds. The summed E-state index contributed by atoms with van der Waals surface area (Å²) in [6.07, 6.45) is 3.75. The highest BCUT2D eigenvalue weighted by atomic mass is 19.1. The number of benzene rings is 1. The second kappa shape index (κ2) is 5.40. The molecular formula is C14H14F2N4.